The Kier molecular flexibility index (Phi) is 9.79. The fourth-order valence-electron chi connectivity index (χ4n) is 4.66. The van der Waals surface area contributed by atoms with E-state index in [4.69, 9.17) is 14.2 Å². The molecule has 0 bridgehead atoms. The Labute approximate surface area is 238 Å². The highest BCUT2D eigenvalue weighted by atomic mass is 32.2. The SMILES string of the molecule is COc1cc(C(=O)N(CCN2CCN(S(=O)(=O)c3ccc(F)cc3)CC2)Cc2ccc(F)cc2)cc(OC)c1OC. The third-order valence-electron chi connectivity index (χ3n) is 6.95. The molecule has 41 heavy (non-hydrogen) atoms. The zero-order valence-electron chi connectivity index (χ0n) is 23.2. The number of sulfonamides is 1. The Hall–Kier alpha value is -3.74. The van der Waals surface area contributed by atoms with E-state index >= 15 is 0 Å². The molecule has 9 nitrogen and oxygen atoms in total. The van der Waals surface area contributed by atoms with Crippen molar-refractivity contribution in [3.05, 3.63) is 83.4 Å². The van der Waals surface area contributed by atoms with Crippen LogP contribution in [-0.4, -0.2) is 89.0 Å². The van der Waals surface area contributed by atoms with Crippen LogP contribution in [-0.2, 0) is 16.6 Å². The van der Waals surface area contributed by atoms with Gasteiger partial charge in [0.25, 0.3) is 5.91 Å². The van der Waals surface area contributed by atoms with Crippen molar-refractivity contribution >= 4 is 15.9 Å². The molecule has 220 valence electrons. The maximum Gasteiger partial charge on any atom is 0.254 e. The molecule has 1 aliphatic heterocycles. The van der Waals surface area contributed by atoms with Crippen molar-refractivity contribution in [2.24, 2.45) is 0 Å². The summed E-state index contributed by atoms with van der Waals surface area (Å²) < 4.78 is 70.3. The Morgan fingerprint density at radius 3 is 1.88 bits per heavy atom. The number of amides is 1. The Balaban J connectivity index is 1.48. The second-order valence-corrected chi connectivity index (χ2v) is 11.4. The van der Waals surface area contributed by atoms with E-state index in [9.17, 15) is 22.0 Å². The highest BCUT2D eigenvalue weighted by Gasteiger charge is 2.29. The summed E-state index contributed by atoms with van der Waals surface area (Å²) in [6, 6.07) is 13.9. The van der Waals surface area contributed by atoms with Gasteiger partial charge in [0.15, 0.2) is 11.5 Å². The average molecular weight is 590 g/mol. The molecule has 0 spiro atoms. The second-order valence-electron chi connectivity index (χ2n) is 9.47. The number of hydrogen-bond acceptors (Lipinski definition) is 7. The fraction of sp³-hybridized carbons (Fsp3) is 0.345. The summed E-state index contributed by atoms with van der Waals surface area (Å²) in [6.07, 6.45) is 0. The van der Waals surface area contributed by atoms with Gasteiger partial charge in [-0.3, -0.25) is 9.69 Å². The van der Waals surface area contributed by atoms with E-state index < -0.39 is 15.8 Å². The maximum absolute atomic E-state index is 13.8. The molecule has 0 saturated carbocycles. The van der Waals surface area contributed by atoms with Crippen molar-refractivity contribution in [3.63, 3.8) is 0 Å². The molecule has 1 aliphatic rings. The normalized spacial score (nSPS) is 14.5. The van der Waals surface area contributed by atoms with Crippen LogP contribution in [0.25, 0.3) is 0 Å². The number of nitrogens with zero attached hydrogens (tertiary/aromatic N) is 3. The van der Waals surface area contributed by atoms with Gasteiger partial charge in [0, 0.05) is 51.4 Å². The molecule has 1 fully saturated rings. The number of rotatable bonds is 11. The first-order chi connectivity index (χ1) is 19.7. The molecule has 1 amide bonds. The van der Waals surface area contributed by atoms with Gasteiger partial charge in [-0.2, -0.15) is 4.31 Å². The zero-order valence-corrected chi connectivity index (χ0v) is 24.0. The van der Waals surface area contributed by atoms with Crippen LogP contribution in [0.4, 0.5) is 8.78 Å². The Bertz CT molecular complexity index is 1420. The maximum atomic E-state index is 13.8. The molecule has 1 heterocycles. The first-order valence-corrected chi connectivity index (χ1v) is 14.4. The molecular weight excluding hydrogens is 556 g/mol. The smallest absolute Gasteiger partial charge is 0.254 e. The van der Waals surface area contributed by atoms with E-state index in [2.05, 4.69) is 4.90 Å². The van der Waals surface area contributed by atoms with E-state index in [1.54, 1.807) is 29.2 Å². The van der Waals surface area contributed by atoms with Crippen LogP contribution in [0.1, 0.15) is 15.9 Å². The standard InChI is InChI=1S/C29H33F2N3O6S/c1-38-26-18-22(19-27(39-2)28(26)40-3)29(35)33(20-21-4-6-23(30)7-5-21)15-12-32-13-16-34(17-14-32)41(36,37)25-10-8-24(31)9-11-25/h4-11,18-19H,12-17,20H2,1-3H3. The number of carbonyl (C=O) groups is 1. The molecular formula is C29H33F2N3O6S. The molecule has 0 aliphatic carbocycles. The highest BCUT2D eigenvalue weighted by molar-refractivity contribution is 7.89. The monoisotopic (exact) mass is 589 g/mol. The number of ether oxygens (including phenoxy) is 3. The summed E-state index contributed by atoms with van der Waals surface area (Å²) in [4.78, 5) is 17.5. The van der Waals surface area contributed by atoms with Gasteiger partial charge in [-0.1, -0.05) is 12.1 Å². The van der Waals surface area contributed by atoms with Gasteiger partial charge < -0.3 is 19.1 Å². The molecule has 0 atom stereocenters. The summed E-state index contributed by atoms with van der Waals surface area (Å²) in [7, 11) is 0.684. The second kappa shape index (κ2) is 13.3. The molecule has 4 rings (SSSR count). The first-order valence-electron chi connectivity index (χ1n) is 13.0. The van der Waals surface area contributed by atoms with Gasteiger partial charge in [-0.15, -0.1) is 0 Å². The van der Waals surface area contributed by atoms with Crippen LogP contribution in [0.2, 0.25) is 0 Å². The lowest BCUT2D eigenvalue weighted by Crippen LogP contribution is -2.50. The number of carbonyl (C=O) groups excluding carboxylic acids is 1. The minimum atomic E-state index is -3.74. The summed E-state index contributed by atoms with van der Waals surface area (Å²) in [5.74, 6) is -0.105. The summed E-state index contributed by atoms with van der Waals surface area (Å²) in [5.41, 5.74) is 1.08. The van der Waals surface area contributed by atoms with Crippen molar-refractivity contribution in [2.45, 2.75) is 11.4 Å². The van der Waals surface area contributed by atoms with Gasteiger partial charge in [-0.05, 0) is 54.1 Å². The summed E-state index contributed by atoms with van der Waals surface area (Å²) in [5, 5.41) is 0. The van der Waals surface area contributed by atoms with E-state index in [-0.39, 0.29) is 36.3 Å². The number of methoxy groups -OCH3 is 3. The summed E-state index contributed by atoms with van der Waals surface area (Å²) in [6.45, 7) is 2.50. The molecule has 0 radical (unpaired) electrons. The average Bonchev–Trinajstić information content (AvgIpc) is 2.99. The molecule has 1 saturated heterocycles. The van der Waals surface area contributed by atoms with Gasteiger partial charge in [0.05, 0.1) is 26.2 Å². The van der Waals surface area contributed by atoms with Crippen molar-refractivity contribution in [3.8, 4) is 17.2 Å². The summed E-state index contributed by atoms with van der Waals surface area (Å²) >= 11 is 0. The third kappa shape index (κ3) is 7.13. The van der Waals surface area contributed by atoms with Crippen molar-refractivity contribution < 1.29 is 36.2 Å². The van der Waals surface area contributed by atoms with Crippen LogP contribution in [0.3, 0.4) is 0 Å². The predicted octanol–water partition coefficient (Wildman–Crippen LogP) is 3.64. The fourth-order valence-corrected chi connectivity index (χ4v) is 6.08. The van der Waals surface area contributed by atoms with Crippen LogP contribution in [0.15, 0.2) is 65.6 Å². The van der Waals surface area contributed by atoms with E-state index in [1.165, 1.54) is 49.9 Å². The van der Waals surface area contributed by atoms with E-state index in [0.717, 1.165) is 17.7 Å². The van der Waals surface area contributed by atoms with Crippen molar-refractivity contribution in [2.75, 3.05) is 60.6 Å². The molecule has 3 aromatic carbocycles. The molecule has 0 aromatic heterocycles. The van der Waals surface area contributed by atoms with Gasteiger partial charge >= 0.3 is 0 Å². The minimum Gasteiger partial charge on any atom is -0.493 e. The highest BCUT2D eigenvalue weighted by Crippen LogP contribution is 2.38. The molecule has 12 heteroatoms. The lowest BCUT2D eigenvalue weighted by molar-refractivity contribution is 0.0709. The van der Waals surface area contributed by atoms with Crippen LogP contribution in [0, 0.1) is 11.6 Å². The van der Waals surface area contributed by atoms with E-state index in [0.29, 0.717) is 49.0 Å². The third-order valence-corrected chi connectivity index (χ3v) is 8.87. The van der Waals surface area contributed by atoms with Gasteiger partial charge in [-0.25, -0.2) is 17.2 Å². The lowest BCUT2D eigenvalue weighted by atomic mass is 10.1. The number of benzene rings is 3. The molecule has 0 unspecified atom stereocenters. The number of halogens is 2. The van der Waals surface area contributed by atoms with Crippen LogP contribution >= 0.6 is 0 Å². The topological polar surface area (TPSA) is 88.6 Å². The largest absolute Gasteiger partial charge is 0.493 e. The molecule has 3 aromatic rings. The van der Waals surface area contributed by atoms with Crippen molar-refractivity contribution in [1.82, 2.24) is 14.1 Å². The van der Waals surface area contributed by atoms with Crippen LogP contribution in [0.5, 0.6) is 17.2 Å². The van der Waals surface area contributed by atoms with Gasteiger partial charge in [0.1, 0.15) is 11.6 Å². The number of piperazine rings is 1. The minimum absolute atomic E-state index is 0.0498. The molecule has 0 N–H and O–H groups in total. The van der Waals surface area contributed by atoms with E-state index in [1.807, 2.05) is 0 Å². The Morgan fingerprint density at radius 1 is 0.829 bits per heavy atom. The Morgan fingerprint density at radius 2 is 1.37 bits per heavy atom. The lowest BCUT2D eigenvalue weighted by Gasteiger charge is -2.35. The quantitative estimate of drug-likeness (QED) is 0.338. The first kappa shape index (κ1) is 30.2. The predicted molar refractivity (Wildman–Crippen MR) is 149 cm³/mol. The van der Waals surface area contributed by atoms with Crippen molar-refractivity contribution in [1.29, 1.82) is 0 Å². The zero-order chi connectivity index (χ0) is 29.6. The van der Waals surface area contributed by atoms with Crippen LogP contribution < -0.4 is 14.2 Å². The van der Waals surface area contributed by atoms with Gasteiger partial charge in [0.2, 0.25) is 15.8 Å². The number of hydrogen-bond donors (Lipinski definition) is 0.